The Labute approximate surface area is 59.2 Å². The Morgan fingerprint density at radius 1 is 0.700 bits per heavy atom. The van der Waals surface area contributed by atoms with Gasteiger partial charge in [0.15, 0.2) is 0 Å². The highest BCUT2D eigenvalue weighted by Gasteiger charge is 1.58. The Bertz CT molecular complexity index is 88.8. The van der Waals surface area contributed by atoms with Crippen molar-refractivity contribution < 1.29 is 14.1 Å². The summed E-state index contributed by atoms with van der Waals surface area (Å²) in [5.41, 5.74) is 0. The first-order valence-corrected chi connectivity index (χ1v) is 1.85. The molecule has 0 saturated heterocycles. The van der Waals surface area contributed by atoms with Gasteiger partial charge < -0.3 is 0 Å². The highest BCUT2D eigenvalue weighted by Crippen LogP contribution is 1.73. The van der Waals surface area contributed by atoms with E-state index in [1.807, 2.05) is 18.2 Å². The van der Waals surface area contributed by atoms with E-state index in [9.17, 15) is 0 Å². The van der Waals surface area contributed by atoms with Crippen molar-refractivity contribution in [3.63, 3.8) is 0 Å². The van der Waals surface area contributed by atoms with Crippen molar-refractivity contribution in [2.45, 2.75) is 0 Å². The lowest BCUT2D eigenvalue weighted by molar-refractivity contribution is 1.11. The zero-order valence-corrected chi connectivity index (χ0v) is 4.56. The molecule has 0 aromatic carbocycles. The van der Waals surface area contributed by atoms with E-state index in [1.54, 1.807) is 12.4 Å². The normalized spacial score (nSPS) is 4.80. The van der Waals surface area contributed by atoms with Gasteiger partial charge in [0, 0.05) is 12.4 Å². The topological polar surface area (TPSA) is 12.9 Å². The highest BCUT2D eigenvalue weighted by molar-refractivity contribution is 5.75. The zero-order chi connectivity index (χ0) is 4.24. The summed E-state index contributed by atoms with van der Waals surface area (Å²) in [4.78, 5) is 3.78. The molecule has 0 saturated carbocycles. The van der Waals surface area contributed by atoms with Gasteiger partial charge in [-0.25, -0.2) is 0 Å². The summed E-state index contributed by atoms with van der Waals surface area (Å²) in [5, 5.41) is 0. The molecule has 0 radical (unpaired) electrons. The third-order valence-electron chi connectivity index (χ3n) is 0.566. The number of hydrogen-bond donors (Lipinski definition) is 0. The van der Waals surface area contributed by atoms with Crippen LogP contribution in [0.3, 0.4) is 0 Å². The van der Waals surface area contributed by atoms with Crippen molar-refractivity contribution in [3.8, 4) is 0 Å². The second kappa shape index (κ2) is 15.7. The summed E-state index contributed by atoms with van der Waals surface area (Å²) < 4.78 is 0. The van der Waals surface area contributed by atoms with Gasteiger partial charge in [0.25, 0.3) is 0 Å². The molecule has 60 valence electrons. The second-order valence-electron chi connectivity index (χ2n) is 1.02. The fraction of sp³-hybridized carbons (Fsp3) is 0. The zero-order valence-electron chi connectivity index (χ0n) is 4.56. The SMILES string of the molecule is B.F.F.F.c1ccncc1. The van der Waals surface area contributed by atoms with Gasteiger partial charge in [-0.1, -0.05) is 6.07 Å². The number of nitrogens with zero attached hydrogens (tertiary/aromatic N) is 1. The summed E-state index contributed by atoms with van der Waals surface area (Å²) in [6.07, 6.45) is 3.50. The second-order valence-corrected chi connectivity index (χ2v) is 1.02. The molecule has 5 heteroatoms. The molecule has 0 aliphatic carbocycles. The fourth-order valence-corrected chi connectivity index (χ4v) is 0.313. The molecule has 0 fully saturated rings. The molecule has 0 bridgehead atoms. The van der Waals surface area contributed by atoms with Crippen molar-refractivity contribution in [2.24, 2.45) is 0 Å². The monoisotopic (exact) mass is 153 g/mol. The standard InChI is InChI=1S/C5H5N.BH3.3FH/c1-2-4-6-5-3-1;;;;/h1-5H;1H3;3*1H. The van der Waals surface area contributed by atoms with Crippen LogP contribution in [0.4, 0.5) is 14.1 Å². The largest absolute Gasteiger partial charge is 0.269 e. The van der Waals surface area contributed by atoms with Crippen LogP contribution in [0.1, 0.15) is 0 Å². The predicted octanol–water partition coefficient (Wildman–Crippen LogP) is 0.355. The molecule has 0 spiro atoms. The average molecular weight is 153 g/mol. The average Bonchev–Trinajstić information content (AvgIpc) is 1.72. The molecule has 0 aliphatic heterocycles. The molecule has 1 rings (SSSR count). The first-order chi connectivity index (χ1) is 3.00. The van der Waals surface area contributed by atoms with Crippen LogP contribution in [0.15, 0.2) is 30.6 Å². The summed E-state index contributed by atoms with van der Waals surface area (Å²) in [5.74, 6) is 0. The van der Waals surface area contributed by atoms with Gasteiger partial charge in [-0.15, -0.1) is 0 Å². The summed E-state index contributed by atoms with van der Waals surface area (Å²) >= 11 is 0. The molecule has 1 heterocycles. The van der Waals surface area contributed by atoms with E-state index in [-0.39, 0.29) is 22.5 Å². The van der Waals surface area contributed by atoms with Gasteiger partial charge in [-0.2, -0.15) is 0 Å². The maximum Gasteiger partial charge on any atom is 0.0814 e. The molecule has 0 amide bonds. The van der Waals surface area contributed by atoms with Crippen LogP contribution < -0.4 is 0 Å². The third-order valence-corrected chi connectivity index (χ3v) is 0.566. The lowest BCUT2D eigenvalue weighted by Gasteiger charge is -1.70. The van der Waals surface area contributed by atoms with Crippen LogP contribution in [0, 0.1) is 0 Å². The maximum absolute atomic E-state index is 3.78. The molecule has 0 aliphatic rings. The van der Waals surface area contributed by atoms with Crippen LogP contribution in [0.2, 0.25) is 0 Å². The lowest BCUT2D eigenvalue weighted by Crippen LogP contribution is -1.58. The molecule has 10 heavy (non-hydrogen) atoms. The van der Waals surface area contributed by atoms with Crippen LogP contribution >= 0.6 is 0 Å². The molecular formula is C5H11BF3N. The quantitative estimate of drug-likeness (QED) is 0.490. The van der Waals surface area contributed by atoms with E-state index < -0.39 is 0 Å². The minimum Gasteiger partial charge on any atom is -0.269 e. The number of hydrogen-bond acceptors (Lipinski definition) is 1. The Morgan fingerprint density at radius 2 is 1.10 bits per heavy atom. The first-order valence-electron chi connectivity index (χ1n) is 1.85. The van der Waals surface area contributed by atoms with Gasteiger partial charge in [0.05, 0.1) is 8.41 Å². The highest BCUT2D eigenvalue weighted by atomic mass is 19.0. The van der Waals surface area contributed by atoms with E-state index in [2.05, 4.69) is 4.98 Å². The molecule has 0 N–H and O–H groups in total. The number of halogens is 3. The molecule has 1 aromatic rings. The van der Waals surface area contributed by atoms with Gasteiger partial charge >= 0.3 is 0 Å². The number of aromatic nitrogens is 1. The van der Waals surface area contributed by atoms with Gasteiger partial charge in [-0.3, -0.25) is 19.1 Å². The minimum atomic E-state index is 0. The maximum atomic E-state index is 3.78. The lowest BCUT2D eigenvalue weighted by atomic mass is 10.5. The van der Waals surface area contributed by atoms with Gasteiger partial charge in [-0.05, 0) is 12.1 Å². The minimum absolute atomic E-state index is 0. The van der Waals surface area contributed by atoms with Crippen LogP contribution in [-0.2, 0) is 0 Å². The summed E-state index contributed by atoms with van der Waals surface area (Å²) in [7, 11) is 0. The first kappa shape index (κ1) is 23.0. The van der Waals surface area contributed by atoms with Crippen molar-refractivity contribution in [1.29, 1.82) is 0 Å². The van der Waals surface area contributed by atoms with Gasteiger partial charge in [0.2, 0.25) is 0 Å². The van der Waals surface area contributed by atoms with Crippen LogP contribution in [-0.4, -0.2) is 13.4 Å². The Balaban J connectivity index is -0.0000000450. The number of rotatable bonds is 0. The van der Waals surface area contributed by atoms with E-state index in [0.29, 0.717) is 0 Å². The van der Waals surface area contributed by atoms with Crippen molar-refractivity contribution in [3.05, 3.63) is 30.6 Å². The molecule has 1 aromatic heterocycles. The van der Waals surface area contributed by atoms with E-state index in [4.69, 9.17) is 0 Å². The van der Waals surface area contributed by atoms with Crippen LogP contribution in [0.5, 0.6) is 0 Å². The van der Waals surface area contributed by atoms with Crippen molar-refractivity contribution in [2.75, 3.05) is 0 Å². The summed E-state index contributed by atoms with van der Waals surface area (Å²) in [6.45, 7) is 0. The Morgan fingerprint density at radius 3 is 1.20 bits per heavy atom. The molecule has 0 unspecified atom stereocenters. The number of pyridine rings is 1. The van der Waals surface area contributed by atoms with Crippen LogP contribution in [0.25, 0.3) is 0 Å². The molecule has 1 nitrogen and oxygen atoms in total. The van der Waals surface area contributed by atoms with E-state index >= 15 is 0 Å². The third kappa shape index (κ3) is 10.1. The van der Waals surface area contributed by atoms with E-state index in [1.165, 1.54) is 0 Å². The Kier molecular flexibility index (Phi) is 36.1. The van der Waals surface area contributed by atoms with Crippen molar-refractivity contribution >= 4 is 8.41 Å². The van der Waals surface area contributed by atoms with Crippen molar-refractivity contribution in [1.82, 2.24) is 4.98 Å². The molecule has 0 atom stereocenters. The summed E-state index contributed by atoms with van der Waals surface area (Å²) in [6, 6.07) is 5.72. The Hall–Kier alpha value is -0.995. The van der Waals surface area contributed by atoms with E-state index in [0.717, 1.165) is 0 Å². The molecular weight excluding hydrogens is 142 g/mol. The fourth-order valence-electron chi connectivity index (χ4n) is 0.313. The smallest absolute Gasteiger partial charge is 0.0814 e. The predicted molar refractivity (Wildman–Crippen MR) is 41.7 cm³/mol. The van der Waals surface area contributed by atoms with Gasteiger partial charge in [0.1, 0.15) is 0 Å².